The molecule has 4 heteroatoms. The van der Waals surface area contributed by atoms with Crippen LogP contribution in [0.5, 0.6) is 5.75 Å². The fraction of sp³-hybridized carbons (Fsp3) is 0.611. The summed E-state index contributed by atoms with van der Waals surface area (Å²) < 4.78 is 5.15. The van der Waals surface area contributed by atoms with Crippen LogP contribution in [0.3, 0.4) is 0 Å². The van der Waals surface area contributed by atoms with Crippen LogP contribution in [0.1, 0.15) is 48.0 Å². The Morgan fingerprint density at radius 3 is 2.18 bits per heavy atom. The number of hydrogen-bond acceptors (Lipinski definition) is 3. The van der Waals surface area contributed by atoms with Crippen LogP contribution in [0.4, 0.5) is 0 Å². The van der Waals surface area contributed by atoms with E-state index < -0.39 is 0 Å². The molecule has 0 aliphatic heterocycles. The zero-order valence-electron chi connectivity index (χ0n) is 14.8. The number of carbonyl (C=O) groups excluding carboxylic acids is 1. The molecule has 0 radical (unpaired) electrons. The number of nitrogens with one attached hydrogen (secondary N) is 1. The van der Waals surface area contributed by atoms with Crippen molar-refractivity contribution in [3.63, 3.8) is 0 Å². The van der Waals surface area contributed by atoms with Gasteiger partial charge in [-0.3, -0.25) is 4.79 Å². The maximum absolute atomic E-state index is 12.4. The zero-order chi connectivity index (χ0) is 17.0. The SMILES string of the molecule is COc1ccc(S[C@H](C)C(=O)NC(C)(C)CC(C)(C)C)cc1. The first-order valence-electron chi connectivity index (χ1n) is 7.65. The van der Waals surface area contributed by atoms with Crippen LogP contribution < -0.4 is 10.1 Å². The Hall–Kier alpha value is -1.16. The molecule has 0 fully saturated rings. The second-order valence-electron chi connectivity index (χ2n) is 7.55. The molecule has 1 N–H and O–H groups in total. The Labute approximate surface area is 139 Å². The normalized spacial score (nSPS) is 13.6. The first-order valence-corrected chi connectivity index (χ1v) is 8.53. The van der Waals surface area contributed by atoms with E-state index in [1.54, 1.807) is 18.9 Å². The second-order valence-corrected chi connectivity index (χ2v) is 8.96. The van der Waals surface area contributed by atoms with Crippen LogP contribution in [0.25, 0.3) is 0 Å². The molecule has 0 spiro atoms. The lowest BCUT2D eigenvalue weighted by Gasteiger charge is -2.34. The Morgan fingerprint density at radius 1 is 1.18 bits per heavy atom. The van der Waals surface area contributed by atoms with Gasteiger partial charge in [0.15, 0.2) is 0 Å². The highest BCUT2D eigenvalue weighted by Crippen LogP contribution is 2.29. The molecule has 0 aliphatic carbocycles. The minimum atomic E-state index is -0.204. The van der Waals surface area contributed by atoms with Crippen molar-refractivity contribution in [2.45, 2.75) is 63.6 Å². The lowest BCUT2D eigenvalue weighted by Crippen LogP contribution is -2.48. The van der Waals surface area contributed by atoms with Gasteiger partial charge in [-0.15, -0.1) is 11.8 Å². The van der Waals surface area contributed by atoms with E-state index in [-0.39, 0.29) is 22.1 Å². The number of ether oxygens (including phenoxy) is 1. The third-order valence-electron chi connectivity index (χ3n) is 3.18. The molecule has 0 saturated carbocycles. The number of rotatable bonds is 6. The van der Waals surface area contributed by atoms with E-state index in [0.717, 1.165) is 17.1 Å². The summed E-state index contributed by atoms with van der Waals surface area (Å²) in [5.74, 6) is 0.905. The number of hydrogen-bond donors (Lipinski definition) is 1. The third-order valence-corrected chi connectivity index (χ3v) is 4.29. The van der Waals surface area contributed by atoms with Gasteiger partial charge < -0.3 is 10.1 Å². The summed E-state index contributed by atoms with van der Waals surface area (Å²) in [6.07, 6.45) is 0.936. The fourth-order valence-corrected chi connectivity index (χ4v) is 3.58. The van der Waals surface area contributed by atoms with Crippen molar-refractivity contribution < 1.29 is 9.53 Å². The van der Waals surface area contributed by atoms with Gasteiger partial charge in [0.25, 0.3) is 0 Å². The number of amides is 1. The highest BCUT2D eigenvalue weighted by molar-refractivity contribution is 8.00. The van der Waals surface area contributed by atoms with E-state index in [1.807, 2.05) is 31.2 Å². The summed E-state index contributed by atoms with van der Waals surface area (Å²) in [6.45, 7) is 12.7. The standard InChI is InChI=1S/C18H29NO2S/c1-13(22-15-10-8-14(21-7)9-11-15)16(20)19-18(5,6)12-17(2,3)4/h8-11,13H,12H2,1-7H3,(H,19,20)/t13-/m1/s1. The molecular weight excluding hydrogens is 294 g/mol. The summed E-state index contributed by atoms with van der Waals surface area (Å²) in [5, 5.41) is 3.04. The predicted octanol–water partition coefficient (Wildman–Crippen LogP) is 4.51. The molecule has 0 bridgehead atoms. The van der Waals surface area contributed by atoms with Crippen molar-refractivity contribution in [1.29, 1.82) is 0 Å². The smallest absolute Gasteiger partial charge is 0.233 e. The van der Waals surface area contributed by atoms with Crippen LogP contribution in [-0.4, -0.2) is 23.8 Å². The minimum absolute atomic E-state index is 0.0788. The molecule has 1 rings (SSSR count). The second kappa shape index (κ2) is 7.40. The molecule has 1 atom stereocenters. The molecule has 0 aliphatic rings. The van der Waals surface area contributed by atoms with E-state index in [9.17, 15) is 4.79 Å². The van der Waals surface area contributed by atoms with Crippen molar-refractivity contribution in [3.8, 4) is 5.75 Å². The van der Waals surface area contributed by atoms with Gasteiger partial charge in [-0.25, -0.2) is 0 Å². The minimum Gasteiger partial charge on any atom is -0.497 e. The van der Waals surface area contributed by atoms with Gasteiger partial charge in [-0.1, -0.05) is 20.8 Å². The quantitative estimate of drug-likeness (QED) is 0.783. The van der Waals surface area contributed by atoms with Crippen molar-refractivity contribution in [3.05, 3.63) is 24.3 Å². The Morgan fingerprint density at radius 2 is 1.73 bits per heavy atom. The molecule has 0 saturated heterocycles. The van der Waals surface area contributed by atoms with Crippen LogP contribution in [0, 0.1) is 5.41 Å². The van der Waals surface area contributed by atoms with Gasteiger partial charge in [-0.05, 0) is 56.9 Å². The lowest BCUT2D eigenvalue weighted by molar-refractivity contribution is -0.122. The number of methoxy groups -OCH3 is 1. The van der Waals surface area contributed by atoms with Crippen LogP contribution in [-0.2, 0) is 4.79 Å². The monoisotopic (exact) mass is 323 g/mol. The lowest BCUT2D eigenvalue weighted by atomic mass is 9.82. The Balaban J connectivity index is 2.60. The summed E-state index contributed by atoms with van der Waals surface area (Å²) >= 11 is 1.56. The average molecular weight is 324 g/mol. The van der Waals surface area contributed by atoms with Crippen molar-refractivity contribution in [2.75, 3.05) is 7.11 Å². The maximum atomic E-state index is 12.4. The molecule has 1 aromatic rings. The molecule has 0 heterocycles. The summed E-state index contributed by atoms with van der Waals surface area (Å²) in [5.41, 5.74) is -0.0206. The van der Waals surface area contributed by atoms with Crippen LogP contribution >= 0.6 is 11.8 Å². The van der Waals surface area contributed by atoms with Crippen molar-refractivity contribution in [1.82, 2.24) is 5.32 Å². The molecule has 0 aromatic heterocycles. The Bertz CT molecular complexity index is 489. The number of thioether (sulfide) groups is 1. The van der Waals surface area contributed by atoms with Crippen LogP contribution in [0.15, 0.2) is 29.2 Å². The van der Waals surface area contributed by atoms with Crippen LogP contribution in [0.2, 0.25) is 0 Å². The van der Waals surface area contributed by atoms with Gasteiger partial charge in [0.2, 0.25) is 5.91 Å². The maximum Gasteiger partial charge on any atom is 0.233 e. The number of benzene rings is 1. The molecule has 1 aromatic carbocycles. The average Bonchev–Trinajstić information content (AvgIpc) is 2.36. The van der Waals surface area contributed by atoms with Crippen molar-refractivity contribution >= 4 is 17.7 Å². The first-order chi connectivity index (χ1) is 10.0. The van der Waals surface area contributed by atoms with E-state index in [1.165, 1.54) is 0 Å². The van der Waals surface area contributed by atoms with Gasteiger partial charge in [0, 0.05) is 10.4 Å². The zero-order valence-corrected chi connectivity index (χ0v) is 15.6. The summed E-state index contributed by atoms with van der Waals surface area (Å²) in [6, 6.07) is 7.79. The first kappa shape index (κ1) is 18.9. The van der Waals surface area contributed by atoms with Gasteiger partial charge >= 0.3 is 0 Å². The highest BCUT2D eigenvalue weighted by Gasteiger charge is 2.28. The molecule has 3 nitrogen and oxygen atoms in total. The van der Waals surface area contributed by atoms with E-state index in [4.69, 9.17) is 4.74 Å². The third kappa shape index (κ3) is 6.73. The molecular formula is C18H29NO2S. The largest absolute Gasteiger partial charge is 0.497 e. The fourth-order valence-electron chi connectivity index (χ4n) is 2.72. The molecule has 0 unspecified atom stereocenters. The number of carbonyl (C=O) groups is 1. The summed E-state index contributed by atoms with van der Waals surface area (Å²) in [7, 11) is 1.65. The molecule has 124 valence electrons. The Kier molecular flexibility index (Phi) is 6.36. The van der Waals surface area contributed by atoms with Gasteiger partial charge in [0.05, 0.1) is 12.4 Å². The van der Waals surface area contributed by atoms with Gasteiger partial charge in [-0.2, -0.15) is 0 Å². The molecule has 22 heavy (non-hydrogen) atoms. The van der Waals surface area contributed by atoms with E-state index in [2.05, 4.69) is 39.9 Å². The van der Waals surface area contributed by atoms with Gasteiger partial charge in [0.1, 0.15) is 5.75 Å². The molecule has 1 amide bonds. The van der Waals surface area contributed by atoms with Crippen molar-refractivity contribution in [2.24, 2.45) is 5.41 Å². The van der Waals surface area contributed by atoms with E-state index >= 15 is 0 Å². The predicted molar refractivity (Wildman–Crippen MR) is 94.6 cm³/mol. The van der Waals surface area contributed by atoms with E-state index in [0.29, 0.717) is 0 Å². The summed E-state index contributed by atoms with van der Waals surface area (Å²) in [4.78, 5) is 13.5. The highest BCUT2D eigenvalue weighted by atomic mass is 32.2. The topological polar surface area (TPSA) is 38.3 Å².